The van der Waals surface area contributed by atoms with Gasteiger partial charge in [-0.3, -0.25) is 0 Å². The molecule has 1 atom stereocenters. The van der Waals surface area contributed by atoms with E-state index in [2.05, 4.69) is 0 Å². The van der Waals surface area contributed by atoms with Gasteiger partial charge in [-0.2, -0.15) is 0 Å². The van der Waals surface area contributed by atoms with E-state index in [0.717, 1.165) is 0 Å². The Morgan fingerprint density at radius 1 is 1.32 bits per heavy atom. The van der Waals surface area contributed by atoms with Crippen molar-refractivity contribution in [2.75, 3.05) is 14.2 Å². The van der Waals surface area contributed by atoms with E-state index in [4.69, 9.17) is 26.2 Å². The molecule has 0 aromatic heterocycles. The topological polar surface area (TPSA) is 76.0 Å². The molecule has 2 N–H and O–H groups in total. The molecule has 1 aromatic carbocycles. The van der Waals surface area contributed by atoms with E-state index in [1.165, 1.54) is 20.3 Å². The number of rotatable bonds is 5. The number of methoxy groups -OCH3 is 2. The Labute approximate surface area is 116 Å². The van der Waals surface area contributed by atoms with Crippen LogP contribution in [0.2, 0.25) is 5.02 Å². The maximum Gasteiger partial charge on any atom is 0.337 e. The molecule has 0 fully saturated rings. The van der Waals surface area contributed by atoms with Crippen LogP contribution in [0.1, 0.15) is 37.0 Å². The molecule has 0 aliphatic carbocycles. The average molecular weight is 289 g/mol. The third-order valence-corrected chi connectivity index (χ3v) is 3.16. The summed E-state index contributed by atoms with van der Waals surface area (Å²) < 4.78 is 10.3. The summed E-state index contributed by atoms with van der Waals surface area (Å²) in [7, 11) is 2.86. The lowest BCUT2D eigenvalue weighted by atomic mass is 9.93. The largest absolute Gasteiger partial charge is 0.493 e. The molecule has 1 aromatic rings. The Hall–Kier alpha value is -1.46. The maximum absolute atomic E-state index is 11.0. The molecule has 0 spiro atoms. The fourth-order valence-corrected chi connectivity index (χ4v) is 2.43. The van der Waals surface area contributed by atoms with Crippen LogP contribution in [0.25, 0.3) is 0 Å². The van der Waals surface area contributed by atoms with Crippen molar-refractivity contribution in [2.24, 2.45) is 0 Å². The highest BCUT2D eigenvalue weighted by atomic mass is 35.5. The molecule has 0 saturated heterocycles. The van der Waals surface area contributed by atoms with Gasteiger partial charge in [-0.25, -0.2) is 4.79 Å². The molecule has 6 heteroatoms. The highest BCUT2D eigenvalue weighted by Gasteiger charge is 2.27. The van der Waals surface area contributed by atoms with Gasteiger partial charge in [0.05, 0.1) is 19.2 Å². The molecule has 0 aliphatic rings. The molecule has 0 bridgehead atoms. The van der Waals surface area contributed by atoms with Crippen LogP contribution in [0.5, 0.6) is 11.5 Å². The first-order valence-electron chi connectivity index (χ1n) is 5.70. The second-order valence-corrected chi connectivity index (χ2v) is 4.70. The van der Waals surface area contributed by atoms with Gasteiger partial charge in [0.25, 0.3) is 0 Å². The number of halogens is 1. The van der Waals surface area contributed by atoms with Gasteiger partial charge >= 0.3 is 5.97 Å². The molecule has 1 rings (SSSR count). The summed E-state index contributed by atoms with van der Waals surface area (Å²) in [6.45, 7) is 3.70. The smallest absolute Gasteiger partial charge is 0.337 e. The molecule has 0 saturated carbocycles. The quantitative estimate of drug-likeness (QED) is 0.871. The number of aliphatic carboxylic acids is 1. The molecule has 106 valence electrons. The predicted molar refractivity (Wildman–Crippen MR) is 71.2 cm³/mol. The number of carboxylic acid groups (broad SMARTS) is 1. The molecular weight excluding hydrogens is 272 g/mol. The summed E-state index contributed by atoms with van der Waals surface area (Å²) in [4.78, 5) is 11.0. The van der Waals surface area contributed by atoms with Gasteiger partial charge in [0, 0.05) is 5.56 Å². The summed E-state index contributed by atoms with van der Waals surface area (Å²) >= 11 is 6.23. The van der Waals surface area contributed by atoms with E-state index in [-0.39, 0.29) is 22.3 Å². The van der Waals surface area contributed by atoms with Crippen LogP contribution in [-0.2, 0) is 4.79 Å². The highest BCUT2D eigenvalue weighted by molar-refractivity contribution is 6.33. The first kappa shape index (κ1) is 15.6. The van der Waals surface area contributed by atoms with Crippen molar-refractivity contribution in [3.8, 4) is 11.5 Å². The van der Waals surface area contributed by atoms with Crippen LogP contribution < -0.4 is 9.47 Å². The summed E-state index contributed by atoms with van der Waals surface area (Å²) in [5.41, 5.74) is 0.749. The third kappa shape index (κ3) is 2.93. The van der Waals surface area contributed by atoms with Crippen molar-refractivity contribution in [2.45, 2.75) is 25.9 Å². The lowest BCUT2D eigenvalue weighted by Crippen LogP contribution is -2.14. The van der Waals surface area contributed by atoms with E-state index in [1.807, 2.05) is 13.8 Å². The molecular formula is C13H17ClO5. The number of hydrogen-bond donors (Lipinski definition) is 2. The number of aliphatic hydroxyl groups is 1. The van der Waals surface area contributed by atoms with Gasteiger partial charge in [-0.05, 0) is 17.5 Å². The maximum atomic E-state index is 11.0. The minimum absolute atomic E-state index is 0.0729. The van der Waals surface area contributed by atoms with Crippen molar-refractivity contribution in [1.29, 1.82) is 0 Å². The number of aliphatic hydroxyl groups excluding tert-OH is 1. The Bertz CT molecular complexity index is 484. The highest BCUT2D eigenvalue weighted by Crippen LogP contribution is 2.44. The lowest BCUT2D eigenvalue weighted by molar-refractivity contribution is -0.147. The number of carboxylic acids is 1. The zero-order valence-corrected chi connectivity index (χ0v) is 12.0. The monoisotopic (exact) mass is 288 g/mol. The second-order valence-electron chi connectivity index (χ2n) is 4.32. The van der Waals surface area contributed by atoms with Gasteiger partial charge in [0.2, 0.25) is 0 Å². The van der Waals surface area contributed by atoms with Crippen molar-refractivity contribution < 1.29 is 24.5 Å². The van der Waals surface area contributed by atoms with Crippen molar-refractivity contribution in [1.82, 2.24) is 0 Å². The molecule has 0 aliphatic heterocycles. The molecule has 5 nitrogen and oxygen atoms in total. The van der Waals surface area contributed by atoms with Crippen LogP contribution >= 0.6 is 11.6 Å². The summed E-state index contributed by atoms with van der Waals surface area (Å²) in [6.07, 6.45) is -1.66. The molecule has 1 unspecified atom stereocenters. The zero-order valence-electron chi connectivity index (χ0n) is 11.2. The summed E-state index contributed by atoms with van der Waals surface area (Å²) in [5, 5.41) is 19.0. The Morgan fingerprint density at radius 2 is 1.89 bits per heavy atom. The predicted octanol–water partition coefficient (Wildman–Crippen LogP) is 2.60. The first-order chi connectivity index (χ1) is 8.84. The minimum Gasteiger partial charge on any atom is -0.493 e. The Kier molecular flexibility index (Phi) is 5.03. The molecule has 0 amide bonds. The van der Waals surface area contributed by atoms with E-state index in [0.29, 0.717) is 11.3 Å². The number of hydrogen-bond acceptors (Lipinski definition) is 4. The summed E-state index contributed by atoms with van der Waals surface area (Å²) in [6, 6.07) is 1.44. The molecule has 19 heavy (non-hydrogen) atoms. The molecule has 0 radical (unpaired) electrons. The summed E-state index contributed by atoms with van der Waals surface area (Å²) in [5.74, 6) is -0.803. The van der Waals surface area contributed by atoms with Gasteiger partial charge in [-0.15, -0.1) is 0 Å². The SMILES string of the molecule is COc1cc(C(O)C(=O)O)c(C(C)C)c(Cl)c1OC. The van der Waals surface area contributed by atoms with Crippen LogP contribution in [-0.4, -0.2) is 30.4 Å². The second kappa shape index (κ2) is 6.12. The van der Waals surface area contributed by atoms with Crippen molar-refractivity contribution >= 4 is 17.6 Å². The molecule has 0 heterocycles. The standard InChI is InChI=1S/C13H17ClO5/c1-6(2)9-7(11(15)13(16)17)5-8(18-3)12(19-4)10(9)14/h5-6,11,15H,1-4H3,(H,16,17). The van der Waals surface area contributed by atoms with E-state index in [1.54, 1.807) is 0 Å². The van der Waals surface area contributed by atoms with Gasteiger partial charge in [0.1, 0.15) is 0 Å². The normalized spacial score (nSPS) is 12.4. The van der Waals surface area contributed by atoms with E-state index < -0.39 is 12.1 Å². The van der Waals surface area contributed by atoms with E-state index >= 15 is 0 Å². The van der Waals surface area contributed by atoms with Gasteiger partial charge in [0.15, 0.2) is 17.6 Å². The number of ether oxygens (including phenoxy) is 2. The fraction of sp³-hybridized carbons (Fsp3) is 0.462. The van der Waals surface area contributed by atoms with Crippen LogP contribution in [0, 0.1) is 0 Å². The number of carbonyl (C=O) groups is 1. The minimum atomic E-state index is -1.66. The zero-order chi connectivity index (χ0) is 14.7. The van der Waals surface area contributed by atoms with Crippen molar-refractivity contribution in [3.05, 3.63) is 22.2 Å². The van der Waals surface area contributed by atoms with Gasteiger partial charge in [-0.1, -0.05) is 25.4 Å². The Balaban J connectivity index is 3.61. The third-order valence-electron chi connectivity index (χ3n) is 2.79. The van der Waals surface area contributed by atoms with E-state index in [9.17, 15) is 9.90 Å². The number of benzene rings is 1. The van der Waals surface area contributed by atoms with Crippen molar-refractivity contribution in [3.63, 3.8) is 0 Å². The lowest BCUT2D eigenvalue weighted by Gasteiger charge is -2.21. The first-order valence-corrected chi connectivity index (χ1v) is 6.08. The van der Waals surface area contributed by atoms with Crippen LogP contribution in [0.15, 0.2) is 6.07 Å². The van der Waals surface area contributed by atoms with Crippen LogP contribution in [0.3, 0.4) is 0 Å². The Morgan fingerprint density at radius 3 is 2.26 bits per heavy atom. The van der Waals surface area contributed by atoms with Gasteiger partial charge < -0.3 is 19.7 Å². The average Bonchev–Trinajstić information content (AvgIpc) is 2.35. The van der Waals surface area contributed by atoms with Crippen LogP contribution in [0.4, 0.5) is 0 Å². The fourth-order valence-electron chi connectivity index (χ4n) is 1.93.